The van der Waals surface area contributed by atoms with Crippen LogP contribution in [-0.4, -0.2) is 19.2 Å². The highest BCUT2D eigenvalue weighted by Gasteiger charge is 2.02. The predicted octanol–water partition coefficient (Wildman–Crippen LogP) is 7.39. The lowest BCUT2D eigenvalue weighted by molar-refractivity contribution is -0.121. The lowest BCUT2D eigenvalue weighted by Crippen LogP contribution is -2.17. The summed E-state index contributed by atoms with van der Waals surface area (Å²) in [4.78, 5) is 11.9. The number of unbranched alkanes of at least 4 members (excludes halogenated alkanes) is 12. The van der Waals surface area contributed by atoms with E-state index in [0.717, 1.165) is 28.6 Å². The van der Waals surface area contributed by atoms with E-state index in [1.165, 1.54) is 70.6 Å². The van der Waals surface area contributed by atoms with Gasteiger partial charge in [0.15, 0.2) is 0 Å². The standard InChI is InChI=1S/C24H39BrN2O2/c1-3-4-5-6-7-8-9-10-11-12-13-14-15-16-24(28)27-26-20-21-19-22(25)17-18-23(21)29-2/h17-20H,3-16H2,1-2H3,(H,27,28)/b26-20+. The van der Waals surface area contributed by atoms with Gasteiger partial charge in [0.1, 0.15) is 5.75 Å². The average molecular weight is 467 g/mol. The Morgan fingerprint density at radius 1 is 0.966 bits per heavy atom. The molecular formula is C24H39BrN2O2. The Labute approximate surface area is 186 Å². The number of carbonyl (C=O) groups is 1. The van der Waals surface area contributed by atoms with Crippen molar-refractivity contribution in [2.24, 2.45) is 5.10 Å². The van der Waals surface area contributed by atoms with Crippen molar-refractivity contribution in [3.05, 3.63) is 28.2 Å². The minimum atomic E-state index is -0.0294. The lowest BCUT2D eigenvalue weighted by Gasteiger charge is -2.05. The van der Waals surface area contributed by atoms with E-state index in [-0.39, 0.29) is 5.91 Å². The van der Waals surface area contributed by atoms with Crippen LogP contribution in [0.4, 0.5) is 0 Å². The van der Waals surface area contributed by atoms with Gasteiger partial charge in [-0.25, -0.2) is 5.43 Å². The molecule has 0 spiro atoms. The smallest absolute Gasteiger partial charge is 0.240 e. The van der Waals surface area contributed by atoms with Gasteiger partial charge in [0.05, 0.1) is 13.3 Å². The third-order valence-corrected chi connectivity index (χ3v) is 5.59. The van der Waals surface area contributed by atoms with Crippen LogP contribution in [0.1, 0.15) is 102 Å². The maximum atomic E-state index is 11.9. The van der Waals surface area contributed by atoms with Gasteiger partial charge in [0, 0.05) is 16.5 Å². The Morgan fingerprint density at radius 2 is 1.52 bits per heavy atom. The van der Waals surface area contributed by atoms with Crippen LogP contribution in [0.25, 0.3) is 0 Å². The number of rotatable bonds is 17. The number of hydrazone groups is 1. The summed E-state index contributed by atoms with van der Waals surface area (Å²) in [5.41, 5.74) is 3.43. The fraction of sp³-hybridized carbons (Fsp3) is 0.667. The van der Waals surface area contributed by atoms with Crippen molar-refractivity contribution in [2.45, 2.75) is 96.8 Å². The molecule has 0 heterocycles. The molecule has 5 heteroatoms. The quantitative estimate of drug-likeness (QED) is 0.148. The van der Waals surface area contributed by atoms with Gasteiger partial charge >= 0.3 is 0 Å². The van der Waals surface area contributed by atoms with E-state index in [0.29, 0.717) is 6.42 Å². The third-order valence-electron chi connectivity index (χ3n) is 5.09. The van der Waals surface area contributed by atoms with Gasteiger partial charge in [-0.3, -0.25) is 4.79 Å². The van der Waals surface area contributed by atoms with Crippen molar-refractivity contribution >= 4 is 28.1 Å². The van der Waals surface area contributed by atoms with Crippen LogP contribution in [0.3, 0.4) is 0 Å². The SMILES string of the molecule is CCCCCCCCCCCCCCCC(=O)N/N=C/c1cc(Br)ccc1OC. The highest BCUT2D eigenvalue weighted by molar-refractivity contribution is 9.10. The van der Waals surface area contributed by atoms with Gasteiger partial charge in [-0.15, -0.1) is 0 Å². The van der Waals surface area contributed by atoms with Gasteiger partial charge < -0.3 is 4.74 Å². The molecule has 0 aromatic heterocycles. The second kappa shape index (κ2) is 17.5. The molecule has 0 aliphatic carbocycles. The summed E-state index contributed by atoms with van der Waals surface area (Å²) in [6.07, 6.45) is 19.1. The third kappa shape index (κ3) is 13.5. The summed E-state index contributed by atoms with van der Waals surface area (Å²) in [6, 6.07) is 5.67. The van der Waals surface area contributed by atoms with E-state index < -0.39 is 0 Å². The number of halogens is 1. The molecule has 0 aliphatic heterocycles. The van der Waals surface area contributed by atoms with Crippen molar-refractivity contribution in [1.82, 2.24) is 5.43 Å². The van der Waals surface area contributed by atoms with Crippen molar-refractivity contribution < 1.29 is 9.53 Å². The zero-order valence-corrected chi connectivity index (χ0v) is 19.9. The number of carbonyl (C=O) groups excluding carboxylic acids is 1. The summed E-state index contributed by atoms with van der Waals surface area (Å²) >= 11 is 3.43. The Balaban J connectivity index is 1.99. The van der Waals surface area contributed by atoms with E-state index in [1.54, 1.807) is 13.3 Å². The predicted molar refractivity (Wildman–Crippen MR) is 127 cm³/mol. The molecule has 0 fully saturated rings. The highest BCUT2D eigenvalue weighted by Crippen LogP contribution is 2.21. The molecule has 0 radical (unpaired) electrons. The summed E-state index contributed by atoms with van der Waals surface area (Å²) in [7, 11) is 1.62. The van der Waals surface area contributed by atoms with Crippen LogP contribution < -0.4 is 10.2 Å². The molecule has 0 saturated heterocycles. The Hall–Kier alpha value is -1.36. The number of ether oxygens (including phenoxy) is 1. The van der Waals surface area contributed by atoms with E-state index in [4.69, 9.17) is 4.74 Å². The van der Waals surface area contributed by atoms with Gasteiger partial charge in [0.2, 0.25) is 5.91 Å². The molecule has 1 aromatic carbocycles. The van der Waals surface area contributed by atoms with Crippen molar-refractivity contribution in [2.75, 3.05) is 7.11 Å². The normalized spacial score (nSPS) is 11.1. The van der Waals surface area contributed by atoms with Gasteiger partial charge in [-0.05, 0) is 24.6 Å². The van der Waals surface area contributed by atoms with Gasteiger partial charge in [-0.2, -0.15) is 5.10 Å². The first kappa shape index (κ1) is 25.7. The monoisotopic (exact) mass is 466 g/mol. The maximum Gasteiger partial charge on any atom is 0.240 e. The number of hydrogen-bond acceptors (Lipinski definition) is 3. The number of methoxy groups -OCH3 is 1. The Bertz CT molecular complexity index is 590. The molecule has 1 amide bonds. The van der Waals surface area contributed by atoms with Crippen LogP contribution in [-0.2, 0) is 4.79 Å². The molecule has 0 bridgehead atoms. The first-order chi connectivity index (χ1) is 14.2. The number of benzene rings is 1. The maximum absolute atomic E-state index is 11.9. The molecule has 1 aromatic rings. The van der Waals surface area contributed by atoms with Crippen LogP contribution in [0.5, 0.6) is 5.75 Å². The second-order valence-electron chi connectivity index (χ2n) is 7.67. The molecule has 0 atom stereocenters. The zero-order valence-electron chi connectivity index (χ0n) is 18.4. The molecule has 0 unspecified atom stereocenters. The Morgan fingerprint density at radius 3 is 2.07 bits per heavy atom. The number of nitrogens with one attached hydrogen (secondary N) is 1. The number of nitrogens with zero attached hydrogens (tertiary/aromatic N) is 1. The summed E-state index contributed by atoms with van der Waals surface area (Å²) in [6.45, 7) is 2.27. The van der Waals surface area contributed by atoms with E-state index in [2.05, 4.69) is 33.4 Å². The van der Waals surface area contributed by atoms with Crippen LogP contribution >= 0.6 is 15.9 Å². The molecule has 1 N–H and O–H groups in total. The topological polar surface area (TPSA) is 50.7 Å². The van der Waals surface area contributed by atoms with Crippen LogP contribution in [0, 0.1) is 0 Å². The summed E-state index contributed by atoms with van der Waals surface area (Å²) in [5, 5.41) is 4.05. The minimum Gasteiger partial charge on any atom is -0.496 e. The molecule has 0 saturated carbocycles. The first-order valence-electron chi connectivity index (χ1n) is 11.3. The number of amides is 1. The average Bonchev–Trinajstić information content (AvgIpc) is 2.71. The molecule has 1 rings (SSSR count). The van der Waals surface area contributed by atoms with Crippen LogP contribution in [0.2, 0.25) is 0 Å². The fourth-order valence-electron chi connectivity index (χ4n) is 3.34. The van der Waals surface area contributed by atoms with Crippen molar-refractivity contribution in [1.29, 1.82) is 0 Å². The van der Waals surface area contributed by atoms with Crippen molar-refractivity contribution in [3.8, 4) is 5.75 Å². The molecule has 29 heavy (non-hydrogen) atoms. The van der Waals surface area contributed by atoms with E-state index >= 15 is 0 Å². The minimum absolute atomic E-state index is 0.0294. The molecular weight excluding hydrogens is 428 g/mol. The fourth-order valence-corrected chi connectivity index (χ4v) is 3.72. The molecule has 0 aliphatic rings. The second-order valence-corrected chi connectivity index (χ2v) is 8.59. The van der Waals surface area contributed by atoms with Gasteiger partial charge in [-0.1, -0.05) is 99.9 Å². The highest BCUT2D eigenvalue weighted by atomic mass is 79.9. The summed E-state index contributed by atoms with van der Waals surface area (Å²) < 4.78 is 6.23. The lowest BCUT2D eigenvalue weighted by atomic mass is 10.0. The first-order valence-corrected chi connectivity index (χ1v) is 12.1. The number of hydrogen-bond donors (Lipinski definition) is 1. The van der Waals surface area contributed by atoms with Crippen LogP contribution in [0.15, 0.2) is 27.8 Å². The molecule has 4 nitrogen and oxygen atoms in total. The largest absolute Gasteiger partial charge is 0.496 e. The van der Waals surface area contributed by atoms with Crippen molar-refractivity contribution in [3.63, 3.8) is 0 Å². The van der Waals surface area contributed by atoms with Gasteiger partial charge in [0.25, 0.3) is 0 Å². The zero-order chi connectivity index (χ0) is 21.2. The van der Waals surface area contributed by atoms with E-state index in [1.807, 2.05) is 18.2 Å². The van der Waals surface area contributed by atoms with E-state index in [9.17, 15) is 4.79 Å². The Kier molecular flexibility index (Phi) is 15.5. The summed E-state index contributed by atoms with van der Waals surface area (Å²) in [5.74, 6) is 0.695. The molecule has 164 valence electrons.